The predicted octanol–water partition coefficient (Wildman–Crippen LogP) is 2.87. The maximum atomic E-state index is 13.9. The first kappa shape index (κ1) is 13.8. The number of nitrogens with two attached hydrogens (primary N) is 1. The Balaban J connectivity index is 2.06. The largest absolute Gasteiger partial charge is 0.330 e. The molecule has 0 amide bonds. The van der Waals surface area contributed by atoms with Gasteiger partial charge in [0.05, 0.1) is 5.69 Å². The molecule has 2 heterocycles. The van der Waals surface area contributed by atoms with Gasteiger partial charge in [-0.15, -0.1) is 0 Å². The third-order valence-corrected chi connectivity index (χ3v) is 3.66. The van der Waals surface area contributed by atoms with Crippen molar-refractivity contribution >= 4 is 5.65 Å². The second-order valence-corrected chi connectivity index (χ2v) is 5.26. The second-order valence-electron chi connectivity index (χ2n) is 5.26. The molecule has 2 aromatic heterocycles. The summed E-state index contributed by atoms with van der Waals surface area (Å²) in [5.41, 5.74) is 10.4. The number of imidazole rings is 1. The number of fused-ring (bicyclic) bond motifs is 1. The average molecular weight is 283 g/mol. The smallest absolute Gasteiger partial charge is 0.173 e. The Hall–Kier alpha value is -2.20. The Morgan fingerprint density at radius 1 is 1.19 bits per heavy atom. The number of hydrogen-bond acceptors (Lipinski definition) is 2. The van der Waals surface area contributed by atoms with E-state index in [-0.39, 0.29) is 5.82 Å². The molecule has 0 saturated heterocycles. The molecule has 21 heavy (non-hydrogen) atoms. The fraction of sp³-hybridized carbons (Fsp3) is 0.235. The van der Waals surface area contributed by atoms with Crippen molar-refractivity contribution in [3.05, 3.63) is 70.9 Å². The summed E-state index contributed by atoms with van der Waals surface area (Å²) >= 11 is 0. The van der Waals surface area contributed by atoms with Crippen molar-refractivity contribution in [2.45, 2.75) is 19.8 Å². The Morgan fingerprint density at radius 3 is 2.67 bits per heavy atom. The molecule has 0 spiro atoms. The normalized spacial score (nSPS) is 11.2. The van der Waals surface area contributed by atoms with Gasteiger partial charge in [-0.1, -0.05) is 29.8 Å². The van der Waals surface area contributed by atoms with Crippen molar-refractivity contribution in [1.82, 2.24) is 9.38 Å². The molecule has 0 fully saturated rings. The lowest BCUT2D eigenvalue weighted by Crippen LogP contribution is -2.07. The zero-order valence-corrected chi connectivity index (χ0v) is 12.0. The first-order valence-electron chi connectivity index (χ1n) is 7.09. The summed E-state index contributed by atoms with van der Waals surface area (Å²) in [6.45, 7) is 2.58. The Morgan fingerprint density at radius 2 is 1.95 bits per heavy atom. The predicted molar refractivity (Wildman–Crippen MR) is 81.9 cm³/mol. The molecular weight excluding hydrogens is 265 g/mol. The molecule has 3 nitrogen and oxygen atoms in total. The van der Waals surface area contributed by atoms with E-state index in [1.165, 1.54) is 17.2 Å². The van der Waals surface area contributed by atoms with Crippen LogP contribution < -0.4 is 5.73 Å². The molecule has 108 valence electrons. The first-order valence-corrected chi connectivity index (χ1v) is 7.09. The highest BCUT2D eigenvalue weighted by atomic mass is 19.1. The minimum atomic E-state index is -0.300. The number of aromatic nitrogens is 2. The van der Waals surface area contributed by atoms with Gasteiger partial charge in [-0.3, -0.25) is 0 Å². The quantitative estimate of drug-likeness (QED) is 0.800. The van der Waals surface area contributed by atoms with E-state index in [1.54, 1.807) is 6.07 Å². The molecule has 0 aliphatic carbocycles. The van der Waals surface area contributed by atoms with Gasteiger partial charge < -0.3 is 10.1 Å². The van der Waals surface area contributed by atoms with Crippen LogP contribution in [-0.4, -0.2) is 15.9 Å². The summed E-state index contributed by atoms with van der Waals surface area (Å²) in [7, 11) is 0. The van der Waals surface area contributed by atoms with Crippen molar-refractivity contribution in [2.24, 2.45) is 5.73 Å². The molecular formula is C17H18FN3. The van der Waals surface area contributed by atoms with Gasteiger partial charge in [0, 0.05) is 24.7 Å². The van der Waals surface area contributed by atoms with Gasteiger partial charge in [-0.05, 0) is 31.2 Å². The van der Waals surface area contributed by atoms with Crippen LogP contribution in [0.1, 0.15) is 22.5 Å². The van der Waals surface area contributed by atoms with Crippen LogP contribution in [0.3, 0.4) is 0 Å². The molecule has 0 aliphatic rings. The monoisotopic (exact) mass is 283 g/mol. The molecule has 0 bridgehead atoms. The first-order chi connectivity index (χ1) is 10.2. The average Bonchev–Trinajstić information content (AvgIpc) is 2.82. The third-order valence-electron chi connectivity index (χ3n) is 3.66. The summed E-state index contributed by atoms with van der Waals surface area (Å²) in [6, 6.07) is 11.5. The van der Waals surface area contributed by atoms with Gasteiger partial charge in [0.2, 0.25) is 0 Å². The summed E-state index contributed by atoms with van der Waals surface area (Å²) in [6.07, 6.45) is 3.22. The summed E-state index contributed by atoms with van der Waals surface area (Å²) < 4.78 is 15.7. The molecule has 0 radical (unpaired) electrons. The molecule has 3 aromatic rings. The van der Waals surface area contributed by atoms with Gasteiger partial charge in [0.15, 0.2) is 11.5 Å². The summed E-state index contributed by atoms with van der Waals surface area (Å²) in [4.78, 5) is 4.48. The van der Waals surface area contributed by atoms with Crippen LogP contribution in [0, 0.1) is 12.7 Å². The van der Waals surface area contributed by atoms with Crippen LogP contribution in [0.5, 0.6) is 0 Å². The van der Waals surface area contributed by atoms with E-state index in [0.29, 0.717) is 25.0 Å². The molecule has 1 aromatic carbocycles. The van der Waals surface area contributed by atoms with Crippen LogP contribution >= 0.6 is 0 Å². The van der Waals surface area contributed by atoms with Crippen LogP contribution in [0.4, 0.5) is 4.39 Å². The molecule has 2 N–H and O–H groups in total. The fourth-order valence-electron chi connectivity index (χ4n) is 2.57. The second kappa shape index (κ2) is 5.66. The number of aryl methyl sites for hydroxylation is 1. The number of rotatable bonds is 4. The van der Waals surface area contributed by atoms with Crippen molar-refractivity contribution in [3.8, 4) is 0 Å². The highest BCUT2D eigenvalue weighted by molar-refractivity contribution is 5.46. The van der Waals surface area contributed by atoms with Crippen LogP contribution in [-0.2, 0) is 12.8 Å². The van der Waals surface area contributed by atoms with Gasteiger partial charge in [0.25, 0.3) is 0 Å². The summed E-state index contributed by atoms with van der Waals surface area (Å²) in [5, 5.41) is 0. The highest BCUT2D eigenvalue weighted by Gasteiger charge is 2.14. The molecule has 4 heteroatoms. The van der Waals surface area contributed by atoms with E-state index < -0.39 is 0 Å². The van der Waals surface area contributed by atoms with E-state index in [0.717, 1.165) is 11.4 Å². The van der Waals surface area contributed by atoms with Gasteiger partial charge in [-0.25, -0.2) is 9.37 Å². The number of pyridine rings is 1. The highest BCUT2D eigenvalue weighted by Crippen LogP contribution is 2.19. The van der Waals surface area contributed by atoms with Gasteiger partial charge >= 0.3 is 0 Å². The third kappa shape index (κ3) is 2.67. The molecule has 3 rings (SSSR count). The lowest BCUT2D eigenvalue weighted by atomic mass is 10.1. The van der Waals surface area contributed by atoms with Crippen LogP contribution in [0.2, 0.25) is 0 Å². The Bertz CT molecular complexity index is 760. The number of hydrogen-bond donors (Lipinski definition) is 1. The number of nitrogens with zero attached hydrogens (tertiary/aromatic N) is 2. The minimum Gasteiger partial charge on any atom is -0.330 e. The van der Waals surface area contributed by atoms with E-state index in [2.05, 4.69) is 36.2 Å². The van der Waals surface area contributed by atoms with Gasteiger partial charge in [-0.2, -0.15) is 0 Å². The van der Waals surface area contributed by atoms with E-state index in [1.807, 2.05) is 10.6 Å². The van der Waals surface area contributed by atoms with Crippen molar-refractivity contribution in [3.63, 3.8) is 0 Å². The zero-order valence-electron chi connectivity index (χ0n) is 12.0. The molecule has 0 saturated carbocycles. The maximum absolute atomic E-state index is 13.9. The van der Waals surface area contributed by atoms with Crippen LogP contribution in [0.15, 0.2) is 42.6 Å². The van der Waals surface area contributed by atoms with Crippen molar-refractivity contribution in [1.29, 1.82) is 0 Å². The molecule has 0 atom stereocenters. The number of benzene rings is 1. The Kier molecular flexibility index (Phi) is 3.71. The molecule has 0 aliphatic heterocycles. The molecule has 0 unspecified atom stereocenters. The Labute approximate surface area is 123 Å². The van der Waals surface area contributed by atoms with Crippen molar-refractivity contribution in [2.75, 3.05) is 6.54 Å². The van der Waals surface area contributed by atoms with E-state index in [9.17, 15) is 4.39 Å². The SMILES string of the molecule is Cc1ccc(Cc2nc3c(F)cccn3c2CCN)cc1. The minimum absolute atomic E-state index is 0.300. The van der Waals surface area contributed by atoms with Gasteiger partial charge in [0.1, 0.15) is 0 Å². The fourth-order valence-corrected chi connectivity index (χ4v) is 2.57. The lowest BCUT2D eigenvalue weighted by molar-refractivity contribution is 0.629. The standard InChI is InChI=1S/C17H18FN3/c1-12-4-6-13(7-5-12)11-15-16(8-9-19)21-10-2-3-14(18)17(21)20-15/h2-7,10H,8-9,11,19H2,1H3. The lowest BCUT2D eigenvalue weighted by Gasteiger charge is -2.04. The topological polar surface area (TPSA) is 43.3 Å². The van der Waals surface area contributed by atoms with Crippen molar-refractivity contribution < 1.29 is 4.39 Å². The van der Waals surface area contributed by atoms with E-state index in [4.69, 9.17) is 5.73 Å². The zero-order chi connectivity index (χ0) is 14.8. The summed E-state index contributed by atoms with van der Waals surface area (Å²) in [5.74, 6) is -0.300. The number of halogens is 1. The van der Waals surface area contributed by atoms with E-state index >= 15 is 0 Å². The maximum Gasteiger partial charge on any atom is 0.173 e. The van der Waals surface area contributed by atoms with Crippen LogP contribution in [0.25, 0.3) is 5.65 Å².